The second-order valence-electron chi connectivity index (χ2n) is 15.4. The molecule has 0 saturated carbocycles. The second-order valence-corrected chi connectivity index (χ2v) is 16.4. The summed E-state index contributed by atoms with van der Waals surface area (Å²) in [6, 6.07) is 56.8. The largest absolute Gasteiger partial charge is 0.455 e. The number of aliphatic imine (C=N–C) groups is 2. The molecular weight excluding hydrogens is 737 g/mol. The SMILES string of the molecule is CCC1=C(c2cccc(-c3ccc(-c4cc(-c5ccccc5)c5sc6ccccc6c5c4)c4oc5ccccc5c34)c2)N=C(C2=CCCC=C2)N=C(c2ccccc2)C1. The lowest BCUT2D eigenvalue weighted by Gasteiger charge is -2.14. The van der Waals surface area contributed by atoms with Gasteiger partial charge >= 0.3 is 0 Å². The minimum atomic E-state index is 0.740. The van der Waals surface area contributed by atoms with Crippen molar-refractivity contribution in [2.24, 2.45) is 9.98 Å². The molecule has 1 aliphatic heterocycles. The summed E-state index contributed by atoms with van der Waals surface area (Å²) in [5, 5.41) is 4.78. The first kappa shape index (κ1) is 35.3. The van der Waals surface area contributed by atoms with E-state index < -0.39 is 0 Å². The number of amidine groups is 1. The highest BCUT2D eigenvalue weighted by Crippen LogP contribution is 2.47. The van der Waals surface area contributed by atoms with Crippen LogP contribution in [-0.4, -0.2) is 11.5 Å². The van der Waals surface area contributed by atoms with Gasteiger partial charge in [0.2, 0.25) is 0 Å². The van der Waals surface area contributed by atoms with Crippen LogP contribution in [-0.2, 0) is 0 Å². The van der Waals surface area contributed by atoms with Crippen molar-refractivity contribution in [1.29, 1.82) is 0 Å². The topological polar surface area (TPSA) is 37.9 Å². The fourth-order valence-corrected chi connectivity index (χ4v) is 10.1. The quantitative estimate of drug-likeness (QED) is 0.159. The van der Waals surface area contributed by atoms with Crippen LogP contribution in [0, 0.1) is 0 Å². The van der Waals surface area contributed by atoms with Gasteiger partial charge in [0.1, 0.15) is 11.2 Å². The van der Waals surface area contributed by atoms with Crippen LogP contribution >= 0.6 is 11.3 Å². The second kappa shape index (κ2) is 14.8. The molecule has 0 amide bonds. The normalized spacial score (nSPS) is 14.6. The van der Waals surface area contributed by atoms with Gasteiger partial charge in [-0.05, 0) is 89.1 Å². The highest BCUT2D eigenvalue weighted by Gasteiger charge is 2.23. The molecule has 2 aliphatic rings. The first-order valence-corrected chi connectivity index (χ1v) is 21.4. The number of para-hydroxylation sites is 1. The number of allylic oxidation sites excluding steroid dienone is 3. The van der Waals surface area contributed by atoms with E-state index in [1.165, 1.54) is 36.9 Å². The van der Waals surface area contributed by atoms with Crippen LogP contribution in [0.3, 0.4) is 0 Å². The maximum absolute atomic E-state index is 6.90. The third-order valence-corrected chi connectivity index (χ3v) is 13.0. The summed E-state index contributed by atoms with van der Waals surface area (Å²) in [4.78, 5) is 10.7. The lowest BCUT2D eigenvalue weighted by Crippen LogP contribution is -2.07. The van der Waals surface area contributed by atoms with E-state index in [4.69, 9.17) is 14.4 Å². The van der Waals surface area contributed by atoms with Gasteiger partial charge in [-0.2, -0.15) is 0 Å². The predicted octanol–water partition coefficient (Wildman–Crippen LogP) is 15.6. The number of rotatable bonds is 7. The fraction of sp³-hybridized carbons (Fsp3) is 0.0909. The van der Waals surface area contributed by atoms with Crippen molar-refractivity contribution in [3.8, 4) is 33.4 Å². The summed E-state index contributed by atoms with van der Waals surface area (Å²) < 4.78 is 9.50. The predicted molar refractivity (Wildman–Crippen MR) is 252 cm³/mol. The Bertz CT molecular complexity index is 3260. The van der Waals surface area contributed by atoms with E-state index in [1.54, 1.807) is 0 Å². The van der Waals surface area contributed by atoms with Gasteiger partial charge < -0.3 is 4.42 Å². The van der Waals surface area contributed by atoms with E-state index >= 15 is 0 Å². The third kappa shape index (κ3) is 6.28. The highest BCUT2D eigenvalue weighted by atomic mass is 32.1. The van der Waals surface area contributed by atoms with E-state index in [-0.39, 0.29) is 0 Å². The van der Waals surface area contributed by atoms with Crippen LogP contribution < -0.4 is 0 Å². The van der Waals surface area contributed by atoms with Crippen molar-refractivity contribution in [2.45, 2.75) is 32.6 Å². The number of furan rings is 1. The van der Waals surface area contributed by atoms with Crippen LogP contribution in [0.15, 0.2) is 202 Å². The zero-order valence-corrected chi connectivity index (χ0v) is 33.6. The van der Waals surface area contributed by atoms with Crippen molar-refractivity contribution >= 4 is 70.7 Å². The van der Waals surface area contributed by atoms with Crippen LogP contribution in [0.25, 0.3) is 81.2 Å². The molecule has 1 aliphatic carbocycles. The van der Waals surface area contributed by atoms with Gasteiger partial charge in [0, 0.05) is 59.6 Å². The van der Waals surface area contributed by atoms with Crippen molar-refractivity contribution in [3.63, 3.8) is 0 Å². The number of fused-ring (bicyclic) bond motifs is 6. The Morgan fingerprint density at radius 1 is 0.576 bits per heavy atom. The molecule has 3 nitrogen and oxygen atoms in total. The molecule has 0 N–H and O–H groups in total. The number of hydrogen-bond donors (Lipinski definition) is 0. The average Bonchev–Trinajstić information content (AvgIpc) is 3.82. The summed E-state index contributed by atoms with van der Waals surface area (Å²) >= 11 is 1.87. The van der Waals surface area contributed by atoms with Crippen molar-refractivity contribution < 1.29 is 4.42 Å². The molecule has 0 spiro atoms. The molecule has 0 fully saturated rings. The Morgan fingerprint density at radius 2 is 1.31 bits per heavy atom. The van der Waals surface area contributed by atoms with Crippen LogP contribution in [0.2, 0.25) is 0 Å². The number of hydrogen-bond acceptors (Lipinski definition) is 4. The minimum Gasteiger partial charge on any atom is -0.455 e. The van der Waals surface area contributed by atoms with Gasteiger partial charge in [0.15, 0.2) is 5.84 Å². The summed E-state index contributed by atoms with van der Waals surface area (Å²) in [6.45, 7) is 2.24. The summed E-state index contributed by atoms with van der Waals surface area (Å²) in [6.07, 6.45) is 10.3. The van der Waals surface area contributed by atoms with Crippen LogP contribution in [0.1, 0.15) is 43.7 Å². The Hall–Kier alpha value is -6.88. The highest BCUT2D eigenvalue weighted by molar-refractivity contribution is 7.26. The lowest BCUT2D eigenvalue weighted by atomic mass is 9.91. The van der Waals surface area contributed by atoms with Crippen molar-refractivity contribution in [1.82, 2.24) is 0 Å². The van der Waals surface area contributed by atoms with E-state index in [0.29, 0.717) is 0 Å². The molecule has 9 aromatic rings. The van der Waals surface area contributed by atoms with Crippen molar-refractivity contribution in [2.75, 3.05) is 0 Å². The summed E-state index contributed by atoms with van der Waals surface area (Å²) in [7, 11) is 0. The van der Waals surface area contributed by atoms with Crippen LogP contribution in [0.4, 0.5) is 0 Å². The first-order valence-electron chi connectivity index (χ1n) is 20.6. The molecule has 0 saturated heterocycles. The maximum atomic E-state index is 6.90. The fourth-order valence-electron chi connectivity index (χ4n) is 8.87. The molecule has 3 heterocycles. The number of nitrogens with zero attached hydrogens (tertiary/aromatic N) is 2. The van der Waals surface area contributed by atoms with E-state index in [1.807, 2.05) is 11.3 Å². The monoisotopic (exact) mass is 776 g/mol. The molecule has 7 aromatic carbocycles. The van der Waals surface area contributed by atoms with E-state index in [2.05, 4.69) is 183 Å². The van der Waals surface area contributed by atoms with Gasteiger partial charge in [-0.1, -0.05) is 146 Å². The molecule has 59 heavy (non-hydrogen) atoms. The lowest BCUT2D eigenvalue weighted by molar-refractivity contribution is 0.670. The van der Waals surface area contributed by atoms with Gasteiger partial charge in [-0.15, -0.1) is 11.3 Å². The van der Waals surface area contributed by atoms with Crippen molar-refractivity contribution in [3.05, 3.63) is 198 Å². The zero-order chi connectivity index (χ0) is 39.3. The van der Waals surface area contributed by atoms with Gasteiger partial charge in [-0.25, -0.2) is 9.98 Å². The molecular formula is C55H40N2OS. The van der Waals surface area contributed by atoms with Gasteiger partial charge in [0.25, 0.3) is 0 Å². The maximum Gasteiger partial charge on any atom is 0.159 e. The first-order chi connectivity index (χ1) is 29.2. The summed E-state index contributed by atoms with van der Waals surface area (Å²) in [5.74, 6) is 0.779. The average molecular weight is 777 g/mol. The van der Waals surface area contributed by atoms with Gasteiger partial charge in [0.05, 0.1) is 11.4 Å². The molecule has 0 bridgehead atoms. The minimum absolute atomic E-state index is 0.740. The Labute approximate surface area is 347 Å². The number of benzene rings is 7. The standard InChI is InChI=1S/C55H40N2OS/c1-2-35-34-48(37-19-8-4-9-20-37)56-55(38-21-10-5-11-22-38)57-52(35)40-24-16-23-39(31-40)42-29-30-43(53-51(42)45-26-12-14-27-49(45)58-53)41-32-46(36-17-6-3-7-18-36)54-47(33-41)44-25-13-15-28-50(44)59-54/h3-4,6-10,12-33H,2,5,11,34H2,1H3. The third-order valence-electron chi connectivity index (χ3n) is 11.8. The molecule has 0 unspecified atom stereocenters. The molecule has 4 heteroatoms. The Kier molecular flexibility index (Phi) is 8.86. The van der Waals surface area contributed by atoms with E-state index in [9.17, 15) is 0 Å². The molecule has 11 rings (SSSR count). The van der Waals surface area contributed by atoms with Gasteiger partial charge in [-0.3, -0.25) is 0 Å². The summed E-state index contributed by atoms with van der Waals surface area (Å²) in [5.41, 5.74) is 15.4. The smallest absolute Gasteiger partial charge is 0.159 e. The molecule has 0 atom stereocenters. The molecule has 282 valence electrons. The molecule has 2 aromatic heterocycles. The van der Waals surface area contributed by atoms with E-state index in [0.717, 1.165) is 104 Å². The molecule has 0 radical (unpaired) electrons. The Balaban J connectivity index is 1.10. The Morgan fingerprint density at radius 3 is 2.12 bits per heavy atom. The zero-order valence-electron chi connectivity index (χ0n) is 32.8. The number of thiophene rings is 1. The van der Waals surface area contributed by atoms with Crippen LogP contribution in [0.5, 0.6) is 0 Å².